The summed E-state index contributed by atoms with van der Waals surface area (Å²) in [7, 11) is 3.67. The minimum Gasteiger partial charge on any atom is -0.469 e. The molecule has 23 heavy (non-hydrogen) atoms. The van der Waals surface area contributed by atoms with Gasteiger partial charge in [0.2, 0.25) is 0 Å². The third-order valence-corrected chi connectivity index (χ3v) is 6.14. The molecule has 2 aromatic rings. The number of hydrogen-bond donors (Lipinski definition) is 1. The van der Waals surface area contributed by atoms with E-state index in [-0.39, 0.29) is 11.4 Å². The summed E-state index contributed by atoms with van der Waals surface area (Å²) in [4.78, 5) is 18.3. The molecule has 0 unspecified atom stereocenters. The Balaban J connectivity index is 1.83. The molecule has 122 valence electrons. The van der Waals surface area contributed by atoms with Crippen molar-refractivity contribution in [2.24, 2.45) is 5.41 Å². The first-order chi connectivity index (χ1) is 11.1. The van der Waals surface area contributed by atoms with Gasteiger partial charge in [0.15, 0.2) is 0 Å². The molecule has 1 aromatic heterocycles. The lowest BCUT2D eigenvalue weighted by molar-refractivity contribution is -0.158. The number of hydrogen-bond acceptors (Lipinski definition) is 3. The number of benzene rings is 1. The molecule has 1 fully saturated rings. The van der Waals surface area contributed by atoms with Crippen LogP contribution >= 0.6 is 0 Å². The van der Waals surface area contributed by atoms with Crippen LogP contribution in [0.15, 0.2) is 24.4 Å². The van der Waals surface area contributed by atoms with Gasteiger partial charge in [0.05, 0.1) is 12.5 Å². The Hall–Kier alpha value is -1.81. The van der Waals surface area contributed by atoms with E-state index >= 15 is 0 Å². The van der Waals surface area contributed by atoms with E-state index in [1.807, 2.05) is 0 Å². The van der Waals surface area contributed by atoms with E-state index < -0.39 is 0 Å². The summed E-state index contributed by atoms with van der Waals surface area (Å²) < 4.78 is 5.17. The van der Waals surface area contributed by atoms with Crippen LogP contribution in [0.3, 0.4) is 0 Å². The first-order valence-corrected chi connectivity index (χ1v) is 8.47. The Labute approximate surface area is 136 Å². The van der Waals surface area contributed by atoms with Crippen LogP contribution < -0.4 is 0 Å². The van der Waals surface area contributed by atoms with Gasteiger partial charge < -0.3 is 14.6 Å². The van der Waals surface area contributed by atoms with Gasteiger partial charge in [0.1, 0.15) is 0 Å². The van der Waals surface area contributed by atoms with Crippen LogP contribution in [0.25, 0.3) is 10.9 Å². The fourth-order valence-corrected chi connectivity index (χ4v) is 4.88. The minimum absolute atomic E-state index is 0.0580. The maximum Gasteiger partial charge on any atom is 0.313 e. The van der Waals surface area contributed by atoms with Crippen LogP contribution in [0, 0.1) is 5.41 Å². The minimum atomic E-state index is -0.388. The van der Waals surface area contributed by atoms with Gasteiger partial charge in [-0.1, -0.05) is 19.1 Å². The van der Waals surface area contributed by atoms with Crippen LogP contribution in [-0.2, 0) is 16.0 Å². The van der Waals surface area contributed by atoms with Crippen molar-refractivity contribution >= 4 is 16.9 Å². The highest BCUT2D eigenvalue weighted by Crippen LogP contribution is 2.49. The van der Waals surface area contributed by atoms with E-state index in [0.717, 1.165) is 25.8 Å². The molecular formula is C19H24N2O2. The molecule has 4 nitrogen and oxygen atoms in total. The third kappa shape index (κ3) is 1.97. The van der Waals surface area contributed by atoms with E-state index in [1.54, 1.807) is 0 Å². The zero-order valence-corrected chi connectivity index (χ0v) is 14.1. The number of methoxy groups -OCH3 is 1. The van der Waals surface area contributed by atoms with E-state index in [0.29, 0.717) is 12.0 Å². The molecule has 0 spiro atoms. The first-order valence-electron chi connectivity index (χ1n) is 8.47. The zero-order valence-electron chi connectivity index (χ0n) is 14.1. The van der Waals surface area contributed by atoms with Crippen molar-refractivity contribution < 1.29 is 9.53 Å². The van der Waals surface area contributed by atoms with E-state index in [4.69, 9.17) is 4.74 Å². The number of nitrogens with one attached hydrogen (secondary N) is 1. The Kier molecular flexibility index (Phi) is 3.27. The van der Waals surface area contributed by atoms with Gasteiger partial charge in [-0.2, -0.15) is 0 Å². The van der Waals surface area contributed by atoms with Gasteiger partial charge in [-0.25, -0.2) is 0 Å². The van der Waals surface area contributed by atoms with Crippen molar-refractivity contribution in [2.45, 2.75) is 38.1 Å². The zero-order chi connectivity index (χ0) is 16.2. The molecule has 1 aromatic carbocycles. The van der Waals surface area contributed by atoms with Gasteiger partial charge in [0, 0.05) is 35.6 Å². The number of esters is 1. The Morgan fingerprint density at radius 1 is 1.48 bits per heavy atom. The number of carbonyl (C=O) groups excluding carboxylic acids is 1. The van der Waals surface area contributed by atoms with Crippen LogP contribution in [-0.4, -0.2) is 42.6 Å². The number of ether oxygens (including phenoxy) is 1. The summed E-state index contributed by atoms with van der Waals surface area (Å²) in [6, 6.07) is 6.98. The normalized spacial score (nSPS) is 30.2. The molecule has 1 aliphatic heterocycles. The average molecular weight is 312 g/mol. The Morgan fingerprint density at radius 3 is 3.04 bits per heavy atom. The van der Waals surface area contributed by atoms with Crippen molar-refractivity contribution in [3.05, 3.63) is 35.5 Å². The predicted molar refractivity (Wildman–Crippen MR) is 90.5 cm³/mol. The van der Waals surface area contributed by atoms with Crippen molar-refractivity contribution in [3.8, 4) is 0 Å². The monoisotopic (exact) mass is 312 g/mol. The molecule has 2 heterocycles. The van der Waals surface area contributed by atoms with Crippen molar-refractivity contribution in [1.82, 2.24) is 9.88 Å². The highest BCUT2D eigenvalue weighted by molar-refractivity contribution is 5.88. The lowest BCUT2D eigenvalue weighted by Gasteiger charge is -2.49. The topological polar surface area (TPSA) is 45.3 Å². The first kappa shape index (κ1) is 14.8. The molecule has 3 atom stereocenters. The van der Waals surface area contributed by atoms with Crippen LogP contribution in [0.1, 0.15) is 36.8 Å². The van der Waals surface area contributed by atoms with E-state index in [2.05, 4.69) is 48.3 Å². The second-order valence-electron chi connectivity index (χ2n) is 7.21. The van der Waals surface area contributed by atoms with E-state index in [9.17, 15) is 4.79 Å². The SMILES string of the molecule is CC[C@@]1(C(=O)OC)C[C@@H]2c3cccc4[nH]cc(c34)C[C@H]2N(C)C1. The second kappa shape index (κ2) is 5.10. The number of rotatable bonds is 2. The number of aromatic amines is 1. The molecule has 2 aliphatic rings. The molecule has 4 rings (SSSR count). The predicted octanol–water partition coefficient (Wildman–Crippen LogP) is 3.08. The molecule has 1 aliphatic carbocycles. The van der Waals surface area contributed by atoms with Crippen molar-refractivity contribution in [2.75, 3.05) is 20.7 Å². The Morgan fingerprint density at radius 2 is 2.30 bits per heavy atom. The number of likely N-dealkylation sites (N-methyl/N-ethyl adjacent to an activating group) is 1. The van der Waals surface area contributed by atoms with Crippen LogP contribution in [0.5, 0.6) is 0 Å². The fourth-order valence-electron chi connectivity index (χ4n) is 4.88. The summed E-state index contributed by atoms with van der Waals surface area (Å²) in [6.45, 7) is 2.89. The second-order valence-corrected chi connectivity index (χ2v) is 7.21. The largest absolute Gasteiger partial charge is 0.469 e. The molecular weight excluding hydrogens is 288 g/mol. The Bertz CT molecular complexity index is 766. The maximum absolute atomic E-state index is 12.5. The molecule has 4 heteroatoms. The quantitative estimate of drug-likeness (QED) is 0.867. The van der Waals surface area contributed by atoms with Gasteiger partial charge >= 0.3 is 5.97 Å². The number of H-pyrrole nitrogens is 1. The number of fused-ring (bicyclic) bond motifs is 2. The van der Waals surface area contributed by atoms with Crippen molar-refractivity contribution in [3.63, 3.8) is 0 Å². The van der Waals surface area contributed by atoms with Gasteiger partial charge in [-0.3, -0.25) is 4.79 Å². The smallest absolute Gasteiger partial charge is 0.313 e. The van der Waals surface area contributed by atoms with Crippen LogP contribution in [0.2, 0.25) is 0 Å². The summed E-state index contributed by atoms with van der Waals surface area (Å²) in [5.41, 5.74) is 3.62. The number of likely N-dealkylation sites (tertiary alicyclic amines) is 1. The molecule has 0 bridgehead atoms. The molecule has 0 amide bonds. The lowest BCUT2D eigenvalue weighted by atomic mass is 9.65. The highest BCUT2D eigenvalue weighted by atomic mass is 16.5. The van der Waals surface area contributed by atoms with Gasteiger partial charge in [-0.05, 0) is 43.5 Å². The molecule has 1 N–H and O–H groups in total. The third-order valence-electron chi connectivity index (χ3n) is 6.14. The summed E-state index contributed by atoms with van der Waals surface area (Å²) in [6.07, 6.45) is 4.91. The molecule has 0 saturated carbocycles. The maximum atomic E-state index is 12.5. The number of piperidine rings is 1. The van der Waals surface area contributed by atoms with Gasteiger partial charge in [0.25, 0.3) is 0 Å². The summed E-state index contributed by atoms with van der Waals surface area (Å²) in [5, 5.41) is 1.37. The molecule has 1 saturated heterocycles. The van der Waals surface area contributed by atoms with Crippen molar-refractivity contribution in [1.29, 1.82) is 0 Å². The lowest BCUT2D eigenvalue weighted by Crippen LogP contribution is -2.55. The van der Waals surface area contributed by atoms with Gasteiger partial charge in [-0.15, -0.1) is 0 Å². The standard InChI is InChI=1S/C19H24N2O2/c1-4-19(18(22)23-3)9-14-13-6-5-7-15-17(13)12(10-20-15)8-16(14)21(2)11-19/h5-7,10,14,16,20H,4,8-9,11H2,1-3H3/t14-,16-,19-/m1/s1. The average Bonchev–Trinajstić information content (AvgIpc) is 2.99. The number of aromatic nitrogens is 1. The number of carbonyl (C=O) groups is 1. The summed E-state index contributed by atoms with van der Waals surface area (Å²) >= 11 is 0. The number of nitrogens with zero attached hydrogens (tertiary/aromatic N) is 1. The summed E-state index contributed by atoms with van der Waals surface area (Å²) in [5.74, 6) is 0.331. The van der Waals surface area contributed by atoms with Crippen LogP contribution in [0.4, 0.5) is 0 Å². The fraction of sp³-hybridized carbons (Fsp3) is 0.526. The van der Waals surface area contributed by atoms with E-state index in [1.165, 1.54) is 29.1 Å². The highest BCUT2D eigenvalue weighted by Gasteiger charge is 2.50. The molecule has 0 radical (unpaired) electrons.